The largest absolute Gasteiger partial charge is 0.491 e. The normalized spacial score (nSPS) is 10.9. The van der Waals surface area contributed by atoms with Gasteiger partial charge in [-0.1, -0.05) is 23.3 Å². The Morgan fingerprint density at radius 1 is 1.21 bits per heavy atom. The molecule has 0 saturated heterocycles. The Bertz CT molecular complexity index is 1050. The average Bonchev–Trinajstić information content (AvgIpc) is 2.97. The van der Waals surface area contributed by atoms with Gasteiger partial charge in [-0.25, -0.2) is 14.0 Å². The van der Waals surface area contributed by atoms with Crippen molar-refractivity contribution in [1.82, 2.24) is 19.3 Å². The van der Waals surface area contributed by atoms with Gasteiger partial charge in [0.2, 0.25) is 0 Å². The molecular formula is C21H23ClN4O2. The first-order valence-electron chi connectivity index (χ1n) is 9.07. The van der Waals surface area contributed by atoms with Crippen LogP contribution in [0.15, 0.2) is 59.2 Å². The molecule has 0 radical (unpaired) electrons. The van der Waals surface area contributed by atoms with Gasteiger partial charge in [-0.05, 0) is 58.0 Å². The van der Waals surface area contributed by atoms with Crippen molar-refractivity contribution in [1.29, 1.82) is 0 Å². The molecule has 0 unspecified atom stereocenters. The molecular weight excluding hydrogens is 376 g/mol. The number of allylic oxidation sites excluding steroid dienone is 2. The molecule has 2 aromatic heterocycles. The Labute approximate surface area is 169 Å². The van der Waals surface area contributed by atoms with E-state index in [1.54, 1.807) is 23.0 Å². The first-order valence-corrected chi connectivity index (χ1v) is 9.45. The standard InChI is InChI=1S/C21H23ClN4O2/c1-14(2)10-12-25-21(27)26(16-5-7-17(8-6-16)28-15(3)4)20(24-25)18-9-11-23-13-19(18)22/h5-11,13,15H,12H2,1-4H3. The lowest BCUT2D eigenvalue weighted by Crippen LogP contribution is -2.23. The lowest BCUT2D eigenvalue weighted by molar-refractivity contribution is 0.242. The lowest BCUT2D eigenvalue weighted by atomic mass is 10.2. The molecule has 0 aliphatic carbocycles. The maximum Gasteiger partial charge on any atom is 0.351 e. The molecule has 7 heteroatoms. The SMILES string of the molecule is CC(C)=CCn1nc(-c2ccncc2Cl)n(-c2ccc(OC(C)C)cc2)c1=O. The smallest absolute Gasteiger partial charge is 0.351 e. The zero-order valence-corrected chi connectivity index (χ0v) is 17.1. The van der Waals surface area contributed by atoms with Crippen LogP contribution in [0.1, 0.15) is 27.7 Å². The van der Waals surface area contributed by atoms with E-state index < -0.39 is 0 Å². The fraction of sp³-hybridized carbons (Fsp3) is 0.286. The summed E-state index contributed by atoms with van der Waals surface area (Å²) in [7, 11) is 0. The van der Waals surface area contributed by atoms with Crippen LogP contribution in [0.25, 0.3) is 17.1 Å². The minimum atomic E-state index is -0.238. The second-order valence-electron chi connectivity index (χ2n) is 6.92. The highest BCUT2D eigenvalue weighted by Crippen LogP contribution is 2.27. The summed E-state index contributed by atoms with van der Waals surface area (Å²) in [6.45, 7) is 8.29. The van der Waals surface area contributed by atoms with E-state index in [0.29, 0.717) is 28.6 Å². The molecule has 28 heavy (non-hydrogen) atoms. The second kappa shape index (κ2) is 8.44. The molecule has 0 aliphatic heterocycles. The van der Waals surface area contributed by atoms with Crippen molar-refractivity contribution in [3.05, 3.63) is 69.9 Å². The molecule has 146 valence electrons. The van der Waals surface area contributed by atoms with Crippen molar-refractivity contribution < 1.29 is 4.74 Å². The van der Waals surface area contributed by atoms with Gasteiger partial charge in [0, 0.05) is 18.0 Å². The first kappa shape index (κ1) is 19.9. The maximum absolute atomic E-state index is 13.1. The Balaban J connectivity index is 2.14. The van der Waals surface area contributed by atoms with Crippen molar-refractivity contribution in [2.45, 2.75) is 40.3 Å². The zero-order valence-electron chi connectivity index (χ0n) is 16.4. The van der Waals surface area contributed by atoms with Crippen LogP contribution in [0, 0.1) is 0 Å². The van der Waals surface area contributed by atoms with E-state index in [2.05, 4.69) is 10.1 Å². The summed E-state index contributed by atoms with van der Waals surface area (Å²) in [5, 5.41) is 4.97. The third-order valence-corrected chi connectivity index (χ3v) is 4.29. The fourth-order valence-corrected chi connectivity index (χ4v) is 2.91. The summed E-state index contributed by atoms with van der Waals surface area (Å²) in [6.07, 6.45) is 5.20. The van der Waals surface area contributed by atoms with Crippen LogP contribution >= 0.6 is 11.6 Å². The van der Waals surface area contributed by atoms with E-state index in [9.17, 15) is 4.79 Å². The summed E-state index contributed by atoms with van der Waals surface area (Å²) < 4.78 is 8.68. The van der Waals surface area contributed by atoms with Gasteiger partial charge in [0.05, 0.1) is 23.4 Å². The molecule has 2 heterocycles. The van der Waals surface area contributed by atoms with E-state index >= 15 is 0 Å². The molecule has 1 aromatic carbocycles. The van der Waals surface area contributed by atoms with Gasteiger partial charge in [0.1, 0.15) is 5.75 Å². The number of hydrogen-bond donors (Lipinski definition) is 0. The van der Waals surface area contributed by atoms with Crippen LogP contribution in [-0.4, -0.2) is 25.4 Å². The topological polar surface area (TPSA) is 61.9 Å². The van der Waals surface area contributed by atoms with Gasteiger partial charge in [-0.15, -0.1) is 5.10 Å². The Morgan fingerprint density at radius 2 is 1.93 bits per heavy atom. The highest BCUT2D eigenvalue weighted by Gasteiger charge is 2.18. The van der Waals surface area contributed by atoms with E-state index in [-0.39, 0.29) is 11.8 Å². The van der Waals surface area contributed by atoms with Crippen molar-refractivity contribution in [2.75, 3.05) is 0 Å². The van der Waals surface area contributed by atoms with Crippen molar-refractivity contribution in [2.24, 2.45) is 0 Å². The van der Waals surface area contributed by atoms with E-state index in [4.69, 9.17) is 16.3 Å². The molecule has 3 rings (SSSR count). The van der Waals surface area contributed by atoms with Crippen LogP contribution in [0.5, 0.6) is 5.75 Å². The number of aromatic nitrogens is 4. The van der Waals surface area contributed by atoms with Crippen molar-refractivity contribution in [3.8, 4) is 22.8 Å². The highest BCUT2D eigenvalue weighted by molar-refractivity contribution is 6.33. The highest BCUT2D eigenvalue weighted by atomic mass is 35.5. The maximum atomic E-state index is 13.1. The van der Waals surface area contributed by atoms with Gasteiger partial charge in [-0.3, -0.25) is 4.98 Å². The summed E-state index contributed by atoms with van der Waals surface area (Å²) in [5.74, 6) is 1.21. The van der Waals surface area contributed by atoms with Gasteiger partial charge in [0.15, 0.2) is 5.82 Å². The number of pyridine rings is 1. The Kier molecular flexibility index (Phi) is 5.99. The summed E-state index contributed by atoms with van der Waals surface area (Å²) in [6, 6.07) is 9.11. The average molecular weight is 399 g/mol. The first-order chi connectivity index (χ1) is 13.4. The van der Waals surface area contributed by atoms with E-state index in [0.717, 1.165) is 11.3 Å². The Morgan fingerprint density at radius 3 is 2.54 bits per heavy atom. The third kappa shape index (κ3) is 4.34. The van der Waals surface area contributed by atoms with Gasteiger partial charge < -0.3 is 4.74 Å². The minimum Gasteiger partial charge on any atom is -0.491 e. The van der Waals surface area contributed by atoms with Crippen LogP contribution < -0.4 is 10.4 Å². The molecule has 0 atom stereocenters. The number of ether oxygens (including phenoxy) is 1. The molecule has 0 fully saturated rings. The molecule has 0 bridgehead atoms. The predicted octanol–water partition coefficient (Wildman–Crippen LogP) is 4.50. The van der Waals surface area contributed by atoms with Crippen molar-refractivity contribution >= 4 is 11.6 Å². The zero-order chi connectivity index (χ0) is 20.3. The minimum absolute atomic E-state index is 0.0755. The number of nitrogens with zero attached hydrogens (tertiary/aromatic N) is 4. The third-order valence-electron chi connectivity index (χ3n) is 3.99. The molecule has 3 aromatic rings. The van der Waals surface area contributed by atoms with Crippen LogP contribution in [0.4, 0.5) is 0 Å². The summed E-state index contributed by atoms with van der Waals surface area (Å²) >= 11 is 6.33. The fourth-order valence-electron chi connectivity index (χ4n) is 2.71. The predicted molar refractivity (Wildman–Crippen MR) is 111 cm³/mol. The quantitative estimate of drug-likeness (QED) is 0.573. The molecule has 0 spiro atoms. The van der Waals surface area contributed by atoms with Gasteiger partial charge >= 0.3 is 5.69 Å². The van der Waals surface area contributed by atoms with Crippen LogP contribution in [0.2, 0.25) is 5.02 Å². The lowest BCUT2D eigenvalue weighted by Gasteiger charge is -2.11. The number of rotatable bonds is 6. The van der Waals surface area contributed by atoms with Gasteiger partial charge in [0.25, 0.3) is 0 Å². The van der Waals surface area contributed by atoms with E-state index in [1.165, 1.54) is 4.68 Å². The van der Waals surface area contributed by atoms with Crippen LogP contribution in [-0.2, 0) is 6.54 Å². The second-order valence-corrected chi connectivity index (χ2v) is 7.33. The number of hydrogen-bond acceptors (Lipinski definition) is 4. The van der Waals surface area contributed by atoms with Crippen LogP contribution in [0.3, 0.4) is 0 Å². The molecule has 6 nitrogen and oxygen atoms in total. The molecule has 0 amide bonds. The number of benzene rings is 1. The molecule has 0 aliphatic rings. The summed E-state index contributed by atoms with van der Waals surface area (Å²) in [4.78, 5) is 17.1. The molecule has 0 N–H and O–H groups in total. The monoisotopic (exact) mass is 398 g/mol. The Hall–Kier alpha value is -2.86. The number of halogens is 1. The van der Waals surface area contributed by atoms with E-state index in [1.807, 2.05) is 58.0 Å². The molecule has 0 saturated carbocycles. The van der Waals surface area contributed by atoms with Crippen molar-refractivity contribution in [3.63, 3.8) is 0 Å². The van der Waals surface area contributed by atoms with Gasteiger partial charge in [-0.2, -0.15) is 0 Å². The summed E-state index contributed by atoms with van der Waals surface area (Å²) in [5.41, 5.74) is 2.21.